The molecule has 1 aliphatic heterocycles. The zero-order valence-electron chi connectivity index (χ0n) is 48.2. The van der Waals surface area contributed by atoms with Crippen molar-refractivity contribution in [3.05, 3.63) is 70.8 Å². The van der Waals surface area contributed by atoms with Crippen LogP contribution in [0.3, 0.4) is 0 Å². The van der Waals surface area contributed by atoms with Gasteiger partial charge in [0.05, 0.1) is 37.9 Å². The first-order valence-electron chi connectivity index (χ1n) is 25.7. The topological polar surface area (TPSA) is 296 Å². The van der Waals surface area contributed by atoms with Crippen molar-refractivity contribution in [1.82, 2.24) is 5.32 Å². The number of hydrogen-bond acceptors (Lipinski definition) is 18. The van der Waals surface area contributed by atoms with E-state index in [4.69, 9.17) is 92.6 Å². The van der Waals surface area contributed by atoms with Gasteiger partial charge in [-0.2, -0.15) is 0 Å². The third-order valence-electron chi connectivity index (χ3n) is 14.4. The molecule has 11 atom stereocenters. The number of carbonyl (C=O) groups is 7. The minimum absolute atomic E-state index is 0.00379. The first kappa shape index (κ1) is 72.0. The summed E-state index contributed by atoms with van der Waals surface area (Å²) < 4.78 is 44.3. The molecule has 1 amide bonds. The number of carboxylic acids is 2. The molecule has 3 fully saturated rings. The van der Waals surface area contributed by atoms with Crippen LogP contribution in [0.25, 0.3) is 0 Å². The number of hydrogen-bond donors (Lipinski definition) is 5. The summed E-state index contributed by atoms with van der Waals surface area (Å²) in [6.45, 7) is 17.5. The number of ether oxygens (including phenoxy) is 8. The highest BCUT2D eigenvalue weighted by atomic mass is 35.6. The third-order valence-corrected chi connectivity index (χ3v) is 14.9. The monoisotopic (exact) mass is 1210 g/mol. The Labute approximate surface area is 493 Å². The van der Waals surface area contributed by atoms with Crippen LogP contribution in [0.5, 0.6) is 11.5 Å². The average molecular weight is 1210 g/mol. The molecule has 3 aliphatic carbocycles. The predicted molar refractivity (Wildman–Crippen MR) is 301 cm³/mol. The van der Waals surface area contributed by atoms with Crippen molar-refractivity contribution >= 4 is 76.5 Å². The number of rotatable bonds is 15. The van der Waals surface area contributed by atoms with E-state index in [1.165, 1.54) is 28.1 Å². The number of nitrogens with one attached hydrogen (secondary N) is 1. The number of alkyl halides is 3. The second-order valence-corrected chi connectivity index (χ2v) is 23.8. The average Bonchev–Trinajstić information content (AvgIpc) is 3.07. The highest BCUT2D eigenvalue weighted by Crippen LogP contribution is 2.63. The van der Waals surface area contributed by atoms with Crippen molar-refractivity contribution < 1.29 is 96.9 Å². The zero-order valence-corrected chi connectivity index (χ0v) is 50.5. The number of benzene rings is 2. The van der Waals surface area contributed by atoms with Crippen LogP contribution in [0.1, 0.15) is 124 Å². The van der Waals surface area contributed by atoms with Crippen LogP contribution in [-0.2, 0) is 57.3 Å². The number of alkyl carbamates (subject to hydrolysis) is 1. The van der Waals surface area contributed by atoms with E-state index >= 15 is 4.79 Å². The lowest BCUT2D eigenvalue weighted by Crippen LogP contribution is -2.73. The molecule has 1 heterocycles. The lowest BCUT2D eigenvalue weighted by molar-refractivity contribution is -0.389. The van der Waals surface area contributed by atoms with Gasteiger partial charge in [-0.05, 0) is 101 Å². The Hall–Kier alpha value is -6.14. The van der Waals surface area contributed by atoms with Crippen LogP contribution < -0.4 is 14.8 Å². The summed E-state index contributed by atoms with van der Waals surface area (Å²) >= 11 is 17.8. The smallest absolute Gasteiger partial charge is 0.409 e. The number of Topliss-reactive ketones (excluding diaryl/α,β-unsaturated/α-hetero) is 1. The van der Waals surface area contributed by atoms with Crippen LogP contribution in [0.15, 0.2) is 59.7 Å². The fourth-order valence-corrected chi connectivity index (χ4v) is 10.6. The molecule has 24 heteroatoms. The Morgan fingerprint density at radius 1 is 0.878 bits per heavy atom. The molecule has 0 radical (unpaired) electrons. The van der Waals surface area contributed by atoms with Gasteiger partial charge < -0.3 is 53.2 Å². The van der Waals surface area contributed by atoms with Crippen LogP contribution >= 0.6 is 34.8 Å². The Balaban J connectivity index is 0.00000117. The molecule has 5 N–H and O–H groups in total. The van der Waals surface area contributed by atoms with E-state index in [2.05, 4.69) is 31.0 Å². The Bertz CT molecular complexity index is 2620. The van der Waals surface area contributed by atoms with Gasteiger partial charge in [0.2, 0.25) is 0 Å². The second-order valence-electron chi connectivity index (χ2n) is 21.5. The summed E-state index contributed by atoms with van der Waals surface area (Å²) in [5, 5.41) is 42.4. The maximum absolute atomic E-state index is 15.4. The van der Waals surface area contributed by atoms with Gasteiger partial charge in [0, 0.05) is 43.2 Å². The fraction of sp³-hybridized carbons (Fsp3) is 0.569. The highest BCUT2D eigenvalue weighted by Gasteiger charge is 2.72. The highest BCUT2D eigenvalue weighted by molar-refractivity contribution is 6.75. The van der Waals surface area contributed by atoms with Gasteiger partial charge in [0.15, 0.2) is 30.3 Å². The third kappa shape index (κ3) is 17.2. The van der Waals surface area contributed by atoms with E-state index in [9.17, 15) is 34.3 Å². The number of fused-ring (bicyclic) bond motifs is 5. The van der Waals surface area contributed by atoms with Crippen molar-refractivity contribution in [2.45, 2.75) is 160 Å². The summed E-state index contributed by atoms with van der Waals surface area (Å²) in [6, 6.07) is 13.1. The van der Waals surface area contributed by atoms with E-state index in [1.54, 1.807) is 83.1 Å². The Morgan fingerprint density at radius 2 is 1.46 bits per heavy atom. The van der Waals surface area contributed by atoms with Crippen LogP contribution in [-0.4, -0.2) is 135 Å². The van der Waals surface area contributed by atoms with Crippen molar-refractivity contribution in [1.29, 1.82) is 0 Å². The molecule has 2 unspecified atom stereocenters. The normalized spacial score (nSPS) is 25.5. The quantitative estimate of drug-likeness (QED) is 0.0162. The van der Waals surface area contributed by atoms with Crippen molar-refractivity contribution in [2.75, 3.05) is 20.8 Å². The molecular formula is C58H76Cl3NO20. The van der Waals surface area contributed by atoms with E-state index in [0.717, 1.165) is 13.8 Å². The van der Waals surface area contributed by atoms with Gasteiger partial charge in [0.1, 0.15) is 34.9 Å². The summed E-state index contributed by atoms with van der Waals surface area (Å²) in [6.07, 6.45) is 5.35. The number of terminal acetylenes is 2. The fourth-order valence-electron chi connectivity index (χ4n) is 10.5. The first-order valence-corrected chi connectivity index (χ1v) is 26.8. The summed E-state index contributed by atoms with van der Waals surface area (Å²) in [7, 11) is 2.88. The van der Waals surface area contributed by atoms with Crippen molar-refractivity contribution in [2.24, 2.45) is 28.6 Å². The number of aliphatic hydroxyl groups excluding tert-OH is 1. The van der Waals surface area contributed by atoms with E-state index in [-0.39, 0.29) is 48.7 Å². The van der Waals surface area contributed by atoms with Gasteiger partial charge in [-0.25, -0.2) is 24.1 Å². The number of carboxylic acid groups (broad SMARTS) is 2. The predicted octanol–water partition coefficient (Wildman–Crippen LogP) is 9.11. The number of esters is 3. The number of ketones is 1. The summed E-state index contributed by atoms with van der Waals surface area (Å²) in [4.78, 5) is 94.3. The zero-order chi connectivity index (χ0) is 63.0. The molecule has 6 rings (SSSR count). The molecule has 454 valence electrons. The number of amides is 1. The van der Waals surface area contributed by atoms with E-state index < -0.39 is 122 Å². The van der Waals surface area contributed by atoms with Gasteiger partial charge >= 0.3 is 30.0 Å². The van der Waals surface area contributed by atoms with Crippen LogP contribution in [0.4, 0.5) is 4.79 Å². The summed E-state index contributed by atoms with van der Waals surface area (Å²) in [5.74, 6) is -6.13. The number of aliphatic hydroxyl groups is 1. The molecule has 0 aromatic heterocycles. The maximum atomic E-state index is 15.4. The van der Waals surface area contributed by atoms with Crippen molar-refractivity contribution in [3.63, 3.8) is 0 Å². The lowest BCUT2D eigenvalue weighted by atomic mass is 9.46. The SMILES string of the molecule is C#C.C#C.CC(=O)O.COc1ccc(C(NC(=O)OC(C)(C)C)O[C@H](CCC(C)C)C(=O)O[C@@H]2C(C)=C3[C@@H](OC(C)=O)C(=O)[C@@]4(C)C(C[C@](OO)([C@H]2O)C3(C)C)[C@@H]2CO[C@@H]2C[C@@H]4OC(=O)C(Cl)(Cl)Cl)c(OC)c1.O=C(O)c1ccccc1. The minimum atomic E-state index is -2.52. The van der Waals surface area contributed by atoms with Gasteiger partial charge in [-0.1, -0.05) is 80.7 Å². The standard InChI is InChI=1S/C45H62Cl3NO16.C7H6O2.C2H4O2.2C2H2/c1-21(2)13-16-28(61-37(49-40(55)64-41(5,6)7)25-15-14-24(57-11)17-29(25)58-12)38(53)63-33-22(3)32-34(60-23(4)50)35(51)43(10)27(19-44(65-56,36(33)52)42(32,8)9)26-20-59-30(26)18-31(43)62-39(54)45(46,47)48;8-7(9)6-4-2-1-3-5-6;1-2(3)4;2*1-2/h14-15,17,21,26-28,30-31,33-34,36-37,52,56H,13,16,18-20H2,1-12H3,(H,49,55);1-5H,(H,8,9);1H3,(H,3,4);2*1-2H/t26-,27?,28+,30+,31-,33+,34+,36-,37?,43-,44-;;;;/m0..../s1. The molecule has 2 aromatic carbocycles. The van der Waals surface area contributed by atoms with E-state index in [0.29, 0.717) is 23.3 Å². The van der Waals surface area contributed by atoms with Gasteiger partial charge in [-0.15, -0.1) is 25.7 Å². The molecule has 21 nitrogen and oxygen atoms in total. The molecular weight excluding hydrogens is 1140 g/mol. The van der Waals surface area contributed by atoms with Crippen LogP contribution in [0, 0.1) is 54.3 Å². The Kier molecular flexibility index (Phi) is 26.7. The number of aliphatic carboxylic acids is 1. The number of carbonyl (C=O) groups excluding carboxylic acids is 5. The first-order chi connectivity index (χ1) is 38.1. The number of methoxy groups -OCH3 is 2. The lowest BCUT2D eigenvalue weighted by Gasteiger charge is -2.63. The van der Waals surface area contributed by atoms with Gasteiger partial charge in [0.25, 0.3) is 9.76 Å². The molecule has 0 spiro atoms. The number of aromatic carboxylic acids is 1. The van der Waals surface area contributed by atoms with E-state index in [1.807, 2.05) is 13.8 Å². The Morgan fingerprint density at radius 3 is 1.91 bits per heavy atom. The minimum Gasteiger partial charge on any atom is -0.497 e. The maximum Gasteiger partial charge on any atom is 0.409 e. The number of halogens is 3. The van der Waals surface area contributed by atoms with Crippen LogP contribution in [0.2, 0.25) is 0 Å². The molecule has 82 heavy (non-hydrogen) atoms. The molecule has 1 saturated heterocycles. The molecule has 4 aliphatic rings. The van der Waals surface area contributed by atoms with Crippen molar-refractivity contribution in [3.8, 4) is 37.2 Å². The molecule has 2 saturated carbocycles. The largest absolute Gasteiger partial charge is 0.497 e. The molecule has 2 bridgehead atoms. The summed E-state index contributed by atoms with van der Waals surface area (Å²) in [5.41, 5.74) is -5.49. The second kappa shape index (κ2) is 30.4. The molecule has 2 aromatic rings. The van der Waals surface area contributed by atoms with Gasteiger partial charge in [-0.3, -0.25) is 25.0 Å².